The minimum atomic E-state index is -0.296. The van der Waals surface area contributed by atoms with Crippen LogP contribution in [0.5, 0.6) is 5.75 Å². The molecule has 0 aliphatic heterocycles. The van der Waals surface area contributed by atoms with Crippen LogP contribution in [0.15, 0.2) is 35.8 Å². The molecule has 1 aromatic carbocycles. The first-order valence-corrected chi connectivity index (χ1v) is 9.68. The van der Waals surface area contributed by atoms with Crippen molar-refractivity contribution in [1.82, 2.24) is 15.0 Å². The van der Waals surface area contributed by atoms with Crippen molar-refractivity contribution in [3.63, 3.8) is 0 Å². The topological polar surface area (TPSA) is 103 Å². The molecule has 3 heterocycles. The number of aryl methyl sites for hydroxylation is 1. The minimum Gasteiger partial charge on any atom is -0.497 e. The number of nitrogens with one attached hydrogen (secondary N) is 1. The Bertz CT molecular complexity index is 1120. The summed E-state index contributed by atoms with van der Waals surface area (Å²) in [6.45, 7) is 1.86. The Morgan fingerprint density at radius 1 is 1.22 bits per heavy atom. The van der Waals surface area contributed by atoms with Crippen LogP contribution in [-0.2, 0) is 0 Å². The number of methoxy groups -OCH3 is 1. The predicted molar refractivity (Wildman–Crippen MR) is 109 cm³/mol. The van der Waals surface area contributed by atoms with Crippen LogP contribution < -0.4 is 15.8 Å². The van der Waals surface area contributed by atoms with E-state index in [2.05, 4.69) is 20.3 Å². The van der Waals surface area contributed by atoms with Crippen LogP contribution in [0.4, 0.5) is 10.8 Å². The summed E-state index contributed by atoms with van der Waals surface area (Å²) in [7, 11) is 1.62. The molecule has 0 saturated heterocycles. The number of ether oxygens (including phenoxy) is 1. The summed E-state index contributed by atoms with van der Waals surface area (Å²) in [5.41, 5.74) is 8.22. The van der Waals surface area contributed by atoms with Crippen LogP contribution in [-0.4, -0.2) is 28.0 Å². The highest BCUT2D eigenvalue weighted by molar-refractivity contribution is 7.21. The number of carbonyl (C=O) groups excluding carboxylic acids is 1. The number of nitrogen functional groups attached to an aromatic ring is 1. The van der Waals surface area contributed by atoms with Gasteiger partial charge in [-0.15, -0.1) is 22.7 Å². The van der Waals surface area contributed by atoms with Crippen LogP contribution in [0.2, 0.25) is 0 Å². The largest absolute Gasteiger partial charge is 0.497 e. The van der Waals surface area contributed by atoms with Gasteiger partial charge in [-0.2, -0.15) is 0 Å². The third kappa shape index (κ3) is 3.22. The van der Waals surface area contributed by atoms with Gasteiger partial charge in [-0.25, -0.2) is 15.0 Å². The molecule has 3 N–H and O–H groups in total. The van der Waals surface area contributed by atoms with Crippen molar-refractivity contribution >= 4 is 49.6 Å². The SMILES string of the molecule is COc1ccc(-c2nc(C)c3c(N)c(C(=O)Nc4nccs4)sc3n2)cc1. The molecule has 7 nitrogen and oxygen atoms in total. The van der Waals surface area contributed by atoms with Crippen LogP contribution in [0.25, 0.3) is 21.6 Å². The Balaban J connectivity index is 1.75. The van der Waals surface area contributed by atoms with E-state index in [1.54, 1.807) is 18.7 Å². The highest BCUT2D eigenvalue weighted by atomic mass is 32.1. The van der Waals surface area contributed by atoms with E-state index < -0.39 is 0 Å². The van der Waals surface area contributed by atoms with E-state index in [9.17, 15) is 4.79 Å². The normalized spacial score (nSPS) is 10.9. The maximum absolute atomic E-state index is 12.6. The monoisotopic (exact) mass is 397 g/mol. The van der Waals surface area contributed by atoms with Crippen LogP contribution in [0, 0.1) is 6.92 Å². The van der Waals surface area contributed by atoms with Crippen molar-refractivity contribution < 1.29 is 9.53 Å². The number of aromatic nitrogens is 3. The molecule has 9 heteroatoms. The number of anilines is 2. The van der Waals surface area contributed by atoms with E-state index in [4.69, 9.17) is 10.5 Å². The number of hydrogen-bond donors (Lipinski definition) is 2. The number of fused-ring (bicyclic) bond motifs is 1. The number of thiazole rings is 1. The average molecular weight is 397 g/mol. The molecule has 3 aromatic heterocycles. The Hall–Kier alpha value is -3.04. The molecule has 0 fully saturated rings. The van der Waals surface area contributed by atoms with Gasteiger partial charge >= 0.3 is 0 Å². The highest BCUT2D eigenvalue weighted by Crippen LogP contribution is 2.36. The first-order valence-electron chi connectivity index (χ1n) is 7.98. The lowest BCUT2D eigenvalue weighted by atomic mass is 10.2. The van der Waals surface area contributed by atoms with Gasteiger partial charge in [0, 0.05) is 17.1 Å². The minimum absolute atomic E-state index is 0.296. The molecule has 4 aromatic rings. The number of rotatable bonds is 4. The molecule has 0 bridgehead atoms. The number of benzene rings is 1. The van der Waals surface area contributed by atoms with E-state index in [1.165, 1.54) is 22.7 Å². The van der Waals surface area contributed by atoms with Crippen molar-refractivity contribution in [2.75, 3.05) is 18.2 Å². The summed E-state index contributed by atoms with van der Waals surface area (Å²) in [6, 6.07) is 7.50. The lowest BCUT2D eigenvalue weighted by Gasteiger charge is -2.05. The molecule has 27 heavy (non-hydrogen) atoms. The van der Waals surface area contributed by atoms with E-state index >= 15 is 0 Å². The van der Waals surface area contributed by atoms with Gasteiger partial charge in [0.05, 0.1) is 23.9 Å². The molecule has 0 atom stereocenters. The second kappa shape index (κ2) is 6.93. The molecule has 0 aliphatic rings. The fourth-order valence-electron chi connectivity index (χ4n) is 2.67. The Kier molecular flexibility index (Phi) is 4.46. The predicted octanol–water partition coefficient (Wildman–Crippen LogP) is 3.97. The number of nitrogens with zero attached hydrogens (tertiary/aromatic N) is 3. The van der Waals surface area contributed by atoms with E-state index in [-0.39, 0.29) is 5.91 Å². The standard InChI is InChI=1S/C18H15N5O2S2/c1-9-12-13(19)14(16(24)23-18-20-7-8-26-18)27-17(12)22-15(21-9)10-3-5-11(25-2)6-4-10/h3-8H,19H2,1-2H3,(H,20,23,24). The second-order valence-electron chi connectivity index (χ2n) is 5.68. The first kappa shape index (κ1) is 17.4. The zero-order valence-corrected chi connectivity index (χ0v) is 16.1. The second-order valence-corrected chi connectivity index (χ2v) is 7.57. The molecule has 0 unspecified atom stereocenters. The number of nitrogens with two attached hydrogens (primary N) is 1. The number of carbonyl (C=O) groups is 1. The van der Waals surface area contributed by atoms with Gasteiger partial charge in [0.1, 0.15) is 15.5 Å². The van der Waals surface area contributed by atoms with Gasteiger partial charge in [0.15, 0.2) is 11.0 Å². The molecular formula is C18H15N5O2S2. The molecule has 0 saturated carbocycles. The molecule has 1 amide bonds. The third-order valence-electron chi connectivity index (χ3n) is 3.98. The van der Waals surface area contributed by atoms with Gasteiger partial charge in [0.25, 0.3) is 5.91 Å². The van der Waals surface area contributed by atoms with Gasteiger partial charge in [0.2, 0.25) is 0 Å². The van der Waals surface area contributed by atoms with Gasteiger partial charge in [-0.3, -0.25) is 10.1 Å². The molecule has 0 aliphatic carbocycles. The first-order chi connectivity index (χ1) is 13.1. The zero-order valence-electron chi connectivity index (χ0n) is 14.5. The smallest absolute Gasteiger partial charge is 0.269 e. The molecular weight excluding hydrogens is 382 g/mol. The van der Waals surface area contributed by atoms with Crippen molar-refractivity contribution in [2.24, 2.45) is 0 Å². The van der Waals surface area contributed by atoms with Crippen molar-refractivity contribution in [3.05, 3.63) is 46.4 Å². The van der Waals surface area contributed by atoms with E-state index in [1.807, 2.05) is 31.2 Å². The van der Waals surface area contributed by atoms with Crippen molar-refractivity contribution in [1.29, 1.82) is 0 Å². The maximum atomic E-state index is 12.6. The van der Waals surface area contributed by atoms with E-state index in [0.717, 1.165) is 17.0 Å². The summed E-state index contributed by atoms with van der Waals surface area (Å²) in [6.07, 6.45) is 1.63. The van der Waals surface area contributed by atoms with Gasteiger partial charge < -0.3 is 10.5 Å². The lowest BCUT2D eigenvalue weighted by Crippen LogP contribution is -2.11. The maximum Gasteiger partial charge on any atom is 0.269 e. The molecule has 4 rings (SSSR count). The molecule has 136 valence electrons. The van der Waals surface area contributed by atoms with Crippen LogP contribution in [0.3, 0.4) is 0 Å². The average Bonchev–Trinajstić information content (AvgIpc) is 3.29. The number of thiophene rings is 1. The fourth-order valence-corrected chi connectivity index (χ4v) is 4.24. The van der Waals surface area contributed by atoms with Crippen molar-refractivity contribution in [2.45, 2.75) is 6.92 Å². The molecule has 0 radical (unpaired) electrons. The Morgan fingerprint density at radius 2 is 2.00 bits per heavy atom. The zero-order chi connectivity index (χ0) is 19.0. The van der Waals surface area contributed by atoms with Crippen LogP contribution in [0.1, 0.15) is 15.4 Å². The quantitative estimate of drug-likeness (QED) is 0.540. The summed E-state index contributed by atoms with van der Waals surface area (Å²) in [5.74, 6) is 1.05. The summed E-state index contributed by atoms with van der Waals surface area (Å²) < 4.78 is 5.18. The van der Waals surface area contributed by atoms with Gasteiger partial charge in [-0.1, -0.05) is 0 Å². The van der Waals surface area contributed by atoms with Crippen molar-refractivity contribution in [3.8, 4) is 17.1 Å². The Morgan fingerprint density at radius 3 is 2.67 bits per heavy atom. The number of amides is 1. The summed E-state index contributed by atoms with van der Waals surface area (Å²) in [4.78, 5) is 26.9. The number of hydrogen-bond acceptors (Lipinski definition) is 8. The lowest BCUT2D eigenvalue weighted by molar-refractivity contribution is 0.103. The fraction of sp³-hybridized carbons (Fsp3) is 0.111. The summed E-state index contributed by atoms with van der Waals surface area (Å²) in [5, 5.41) is 5.78. The van der Waals surface area contributed by atoms with E-state index in [0.29, 0.717) is 31.7 Å². The molecule has 0 spiro atoms. The van der Waals surface area contributed by atoms with Gasteiger partial charge in [-0.05, 0) is 31.2 Å². The highest BCUT2D eigenvalue weighted by Gasteiger charge is 2.21. The third-order valence-corrected chi connectivity index (χ3v) is 5.76. The van der Waals surface area contributed by atoms with Crippen LogP contribution >= 0.6 is 22.7 Å². The summed E-state index contributed by atoms with van der Waals surface area (Å²) >= 11 is 2.60. The Labute approximate surface area is 162 Å².